The zero-order chi connectivity index (χ0) is 5.91. The van der Waals surface area contributed by atoms with Crippen molar-refractivity contribution in [1.82, 2.24) is 0 Å². The van der Waals surface area contributed by atoms with Gasteiger partial charge in [-0.1, -0.05) is 26.8 Å². The van der Waals surface area contributed by atoms with Crippen LogP contribution in [-0.4, -0.2) is 0 Å². The van der Waals surface area contributed by atoms with Gasteiger partial charge in [0.15, 0.2) is 0 Å². The van der Waals surface area contributed by atoms with Crippen molar-refractivity contribution in [2.75, 3.05) is 0 Å². The first-order valence-corrected chi connectivity index (χ1v) is 2.12. The molecule has 0 aliphatic carbocycles. The summed E-state index contributed by atoms with van der Waals surface area (Å²) in [5.41, 5.74) is 0.182. The number of rotatable bonds is 0. The Kier molecular flexibility index (Phi) is 0.952. The van der Waals surface area contributed by atoms with E-state index in [0.717, 1.165) is 0 Å². The second kappa shape index (κ2) is 1.46. The Balaban J connectivity index is 3.56. The van der Waals surface area contributed by atoms with Crippen molar-refractivity contribution in [2.24, 2.45) is 5.41 Å². The monoisotopic (exact) mass is 85.1 g/mol. The van der Waals surface area contributed by atoms with Crippen LogP contribution < -0.4 is 0 Å². The minimum absolute atomic E-state index is 0.182. The Hall–Kier alpha value is -0.260. The summed E-state index contributed by atoms with van der Waals surface area (Å²) in [6, 6.07) is 0. The average Bonchev–Trinajstić information content (AvgIpc) is 1.30. The molecule has 0 aromatic carbocycles. The van der Waals surface area contributed by atoms with Gasteiger partial charge in [0.2, 0.25) is 0 Å². The molecule has 0 atom stereocenters. The van der Waals surface area contributed by atoms with E-state index in [4.69, 9.17) is 1.37 Å². The molecule has 0 rings (SSSR count). The van der Waals surface area contributed by atoms with Gasteiger partial charge in [-0.2, -0.15) is 0 Å². The fourth-order valence-electron chi connectivity index (χ4n) is 0. The summed E-state index contributed by atoms with van der Waals surface area (Å²) in [5.74, 6) is 0. The molecule has 0 radical (unpaired) electrons. The summed E-state index contributed by atoms with van der Waals surface area (Å²) in [4.78, 5) is 0. The molecule has 0 fully saturated rings. The Bertz CT molecular complexity index is 66.7. The van der Waals surface area contributed by atoms with Crippen LogP contribution in [0.15, 0.2) is 12.6 Å². The van der Waals surface area contributed by atoms with Crippen LogP contribution >= 0.6 is 0 Å². The Labute approximate surface area is 41.3 Å². The topological polar surface area (TPSA) is 0 Å². The van der Waals surface area contributed by atoms with Gasteiger partial charge >= 0.3 is 0 Å². The Morgan fingerprint density at radius 3 is 2.17 bits per heavy atom. The van der Waals surface area contributed by atoms with Crippen LogP contribution in [0, 0.1) is 5.41 Å². The summed E-state index contributed by atoms with van der Waals surface area (Å²) in [6.45, 7) is 7.54. The van der Waals surface area contributed by atoms with E-state index in [0.29, 0.717) is 0 Å². The lowest BCUT2D eigenvalue weighted by Gasteiger charge is -2.08. The first kappa shape index (κ1) is 3.91. The van der Waals surface area contributed by atoms with Crippen molar-refractivity contribution in [3.05, 3.63) is 12.6 Å². The van der Waals surface area contributed by atoms with E-state index < -0.39 is 0 Å². The first-order chi connectivity index (χ1) is 3.06. The summed E-state index contributed by atoms with van der Waals surface area (Å²) in [6.07, 6.45) is 1.85. The molecule has 0 amide bonds. The van der Waals surface area contributed by atoms with E-state index in [1.54, 1.807) is 0 Å². The summed E-state index contributed by atoms with van der Waals surface area (Å²) < 4.78 is 6.68. The van der Waals surface area contributed by atoms with E-state index in [-0.39, 0.29) is 5.41 Å². The molecule has 0 nitrogen and oxygen atoms in total. The molecule has 0 aromatic heterocycles. The molecule has 0 bridgehead atoms. The van der Waals surface area contributed by atoms with Gasteiger partial charge in [0.25, 0.3) is 0 Å². The summed E-state index contributed by atoms with van der Waals surface area (Å²) >= 11 is 0. The van der Waals surface area contributed by atoms with Crippen molar-refractivity contribution < 1.29 is 1.37 Å². The third-order valence-corrected chi connectivity index (χ3v) is 0.500. The SMILES string of the molecule is [2H]C=CC(C)(C)C. The molecule has 0 aliphatic rings. The van der Waals surface area contributed by atoms with Gasteiger partial charge < -0.3 is 0 Å². The number of allylic oxidation sites excluding steroid dienone is 1. The highest BCUT2D eigenvalue weighted by atomic mass is 14.0. The predicted molar refractivity (Wildman–Crippen MR) is 29.7 cm³/mol. The minimum atomic E-state index is 0.182. The highest BCUT2D eigenvalue weighted by Crippen LogP contribution is 2.11. The number of hydrogen-bond donors (Lipinski definition) is 0. The van der Waals surface area contributed by atoms with Gasteiger partial charge in [0.1, 0.15) is 0 Å². The van der Waals surface area contributed by atoms with Crippen molar-refractivity contribution >= 4 is 0 Å². The fraction of sp³-hybridized carbons (Fsp3) is 0.667. The van der Waals surface area contributed by atoms with E-state index in [9.17, 15) is 0 Å². The summed E-state index contributed by atoms with van der Waals surface area (Å²) in [7, 11) is 0. The second-order valence-corrected chi connectivity index (χ2v) is 2.53. The largest absolute Gasteiger partial charge is 0.103 e. The molecular weight excluding hydrogens is 72.1 g/mol. The normalized spacial score (nSPS) is 15.5. The summed E-state index contributed by atoms with van der Waals surface area (Å²) in [5, 5.41) is 0. The molecule has 0 saturated carbocycles. The van der Waals surface area contributed by atoms with Crippen LogP contribution in [0.3, 0.4) is 0 Å². The van der Waals surface area contributed by atoms with Gasteiger partial charge in [0.05, 0.1) is 1.37 Å². The molecule has 36 valence electrons. The highest BCUT2D eigenvalue weighted by molar-refractivity contribution is 4.82. The maximum Gasteiger partial charge on any atom is 0.0535 e. The molecule has 0 saturated heterocycles. The molecule has 0 spiro atoms. The number of hydrogen-bond acceptors (Lipinski definition) is 0. The average molecular weight is 85.2 g/mol. The van der Waals surface area contributed by atoms with Crippen LogP contribution in [-0.2, 0) is 0 Å². The fourth-order valence-corrected chi connectivity index (χ4v) is 0. The van der Waals surface area contributed by atoms with Gasteiger partial charge in [-0.3, -0.25) is 0 Å². The van der Waals surface area contributed by atoms with Gasteiger partial charge in [-0.05, 0) is 5.41 Å². The molecule has 6 heavy (non-hydrogen) atoms. The van der Waals surface area contributed by atoms with Crippen LogP contribution in [0.4, 0.5) is 0 Å². The molecule has 0 unspecified atom stereocenters. The first-order valence-electron chi connectivity index (χ1n) is 2.70. The van der Waals surface area contributed by atoms with Crippen LogP contribution in [0.25, 0.3) is 0 Å². The van der Waals surface area contributed by atoms with Crippen LogP contribution in [0.2, 0.25) is 0 Å². The third kappa shape index (κ3) is 3.74. The molecule has 0 aliphatic heterocycles. The van der Waals surface area contributed by atoms with E-state index in [2.05, 4.69) is 20.8 Å². The van der Waals surface area contributed by atoms with E-state index in [1.807, 2.05) is 6.08 Å². The third-order valence-electron chi connectivity index (χ3n) is 0.500. The van der Waals surface area contributed by atoms with Gasteiger partial charge in [-0.25, -0.2) is 0 Å². The lowest BCUT2D eigenvalue weighted by Crippen LogP contribution is -1.96. The second-order valence-electron chi connectivity index (χ2n) is 2.53. The lowest BCUT2D eigenvalue weighted by atomic mass is 9.98. The van der Waals surface area contributed by atoms with Crippen LogP contribution in [0.1, 0.15) is 22.1 Å². The molecule has 0 heterocycles. The molecule has 0 heteroatoms. The minimum Gasteiger partial charge on any atom is -0.103 e. The smallest absolute Gasteiger partial charge is 0.0535 e. The lowest BCUT2D eigenvalue weighted by molar-refractivity contribution is 0.546. The van der Waals surface area contributed by atoms with Gasteiger partial charge in [0, 0.05) is 0 Å². The predicted octanol–water partition coefficient (Wildman–Crippen LogP) is 2.22. The van der Waals surface area contributed by atoms with E-state index in [1.165, 1.54) is 6.55 Å². The molecular formula is C6H12. The maximum absolute atomic E-state index is 6.68. The zero-order valence-corrected chi connectivity index (χ0v) is 4.65. The highest BCUT2D eigenvalue weighted by Gasteiger charge is 1.99. The van der Waals surface area contributed by atoms with Crippen molar-refractivity contribution in [1.29, 1.82) is 0 Å². The van der Waals surface area contributed by atoms with Crippen molar-refractivity contribution in [2.45, 2.75) is 20.8 Å². The van der Waals surface area contributed by atoms with Crippen LogP contribution in [0.5, 0.6) is 0 Å². The van der Waals surface area contributed by atoms with Crippen molar-refractivity contribution in [3.8, 4) is 0 Å². The Morgan fingerprint density at radius 2 is 2.17 bits per heavy atom. The molecule has 0 N–H and O–H groups in total. The van der Waals surface area contributed by atoms with Crippen molar-refractivity contribution in [3.63, 3.8) is 0 Å². The maximum atomic E-state index is 6.68. The molecule has 0 aromatic rings. The van der Waals surface area contributed by atoms with Gasteiger partial charge in [-0.15, -0.1) is 6.55 Å². The zero-order valence-electron chi connectivity index (χ0n) is 5.65. The van der Waals surface area contributed by atoms with E-state index >= 15 is 0 Å². The standard InChI is InChI=1S/C6H12/c1-5-6(2,3)4/h5H,1H2,2-4H3/i1D. The quantitative estimate of drug-likeness (QED) is 0.396. The Morgan fingerprint density at radius 1 is 1.67 bits per heavy atom.